The van der Waals surface area contributed by atoms with Crippen molar-refractivity contribution in [2.45, 2.75) is 117 Å². The van der Waals surface area contributed by atoms with E-state index in [1.807, 2.05) is 45.9 Å². The lowest BCUT2D eigenvalue weighted by Gasteiger charge is -2.44. The Hall–Kier alpha value is -3.10. The normalized spacial score (nSPS) is 16.1. The first-order valence-corrected chi connectivity index (χ1v) is 13.2. The topological polar surface area (TPSA) is 131 Å². The number of carbonyl (C=O) groups excluding carboxylic acids is 4. The molecule has 0 aliphatic heterocycles. The van der Waals surface area contributed by atoms with Gasteiger partial charge in [-0.3, -0.25) is 14.4 Å². The minimum absolute atomic E-state index is 0.0789. The van der Waals surface area contributed by atoms with Crippen LogP contribution in [-0.4, -0.2) is 52.4 Å². The molecule has 4 amide bonds. The summed E-state index contributed by atoms with van der Waals surface area (Å²) in [6, 6.07) is 3.35. The number of nitrogens with one attached hydrogen (secondary N) is 2. The van der Waals surface area contributed by atoms with Gasteiger partial charge in [-0.25, -0.2) is 4.79 Å². The fourth-order valence-corrected chi connectivity index (χ4v) is 4.51. The second-order valence-corrected chi connectivity index (χ2v) is 11.2. The summed E-state index contributed by atoms with van der Waals surface area (Å²) in [6.45, 7) is 13.0. The van der Waals surface area contributed by atoms with Gasteiger partial charge in [-0.05, 0) is 78.4 Å². The lowest BCUT2D eigenvalue weighted by molar-refractivity contribution is -0.148. The first-order valence-electron chi connectivity index (χ1n) is 13.2. The van der Waals surface area contributed by atoms with Gasteiger partial charge in [-0.15, -0.1) is 0 Å². The highest BCUT2D eigenvalue weighted by molar-refractivity contribution is 5.95. The number of nitrogens with two attached hydrogens (primary N) is 1. The van der Waals surface area contributed by atoms with Crippen LogP contribution in [0.1, 0.15) is 95.9 Å². The Morgan fingerprint density at radius 3 is 2.30 bits per heavy atom. The third-order valence-corrected chi connectivity index (χ3v) is 6.48. The summed E-state index contributed by atoms with van der Waals surface area (Å²) in [5, 5.41) is 5.62. The minimum Gasteiger partial charge on any atom is -0.444 e. The van der Waals surface area contributed by atoms with Gasteiger partial charge in [0.05, 0.1) is 6.42 Å². The predicted octanol–water partition coefficient (Wildman–Crippen LogP) is 3.80. The highest BCUT2D eigenvalue weighted by Gasteiger charge is 2.43. The van der Waals surface area contributed by atoms with Crippen LogP contribution in [-0.2, 0) is 19.1 Å². The molecule has 0 aromatic heterocycles. The van der Waals surface area contributed by atoms with Crippen LogP contribution in [0.4, 0.5) is 4.79 Å². The van der Waals surface area contributed by atoms with E-state index in [-0.39, 0.29) is 18.0 Å². The molecule has 0 heterocycles. The third kappa shape index (κ3) is 8.76. The second-order valence-electron chi connectivity index (χ2n) is 11.2. The summed E-state index contributed by atoms with van der Waals surface area (Å²) in [5.74, 6) is -1.56. The second kappa shape index (κ2) is 12.9. The molecule has 3 unspecified atom stereocenters. The quantitative estimate of drug-likeness (QED) is 0.412. The summed E-state index contributed by atoms with van der Waals surface area (Å²) in [7, 11) is 0. The van der Waals surface area contributed by atoms with Gasteiger partial charge in [-0.2, -0.15) is 0 Å². The highest BCUT2D eigenvalue weighted by Crippen LogP contribution is 2.35. The molecule has 1 saturated carbocycles. The van der Waals surface area contributed by atoms with Gasteiger partial charge >= 0.3 is 6.09 Å². The van der Waals surface area contributed by atoms with Crippen molar-refractivity contribution >= 4 is 23.8 Å². The lowest BCUT2D eigenvalue weighted by atomic mass is 9.86. The number of aryl methyl sites for hydroxylation is 2. The van der Waals surface area contributed by atoms with E-state index in [1.54, 1.807) is 25.7 Å². The summed E-state index contributed by atoms with van der Waals surface area (Å²) in [4.78, 5) is 54.0. The van der Waals surface area contributed by atoms with Crippen LogP contribution >= 0.6 is 0 Å². The molecule has 37 heavy (non-hydrogen) atoms. The standard InChI is InChI=1S/C28H44N4O5/c1-8-10-19(4)30-25(34)24(21-15-17(2)13-14-18(21)3)32(20-11-9-12-20)26(35)22(16-23(29)33)31-27(36)37-28(5,6)7/h13-15,19-20,22,24H,8-12,16H2,1-7H3,(H2,29,33)(H,30,34)(H,31,36). The monoisotopic (exact) mass is 516 g/mol. The van der Waals surface area contributed by atoms with Crippen LogP contribution < -0.4 is 16.4 Å². The van der Waals surface area contributed by atoms with E-state index >= 15 is 0 Å². The van der Waals surface area contributed by atoms with Gasteiger partial charge in [0.25, 0.3) is 0 Å². The number of carbonyl (C=O) groups is 4. The van der Waals surface area contributed by atoms with Crippen molar-refractivity contribution in [1.82, 2.24) is 15.5 Å². The summed E-state index contributed by atoms with van der Waals surface area (Å²) < 4.78 is 5.34. The van der Waals surface area contributed by atoms with Gasteiger partial charge in [0, 0.05) is 12.1 Å². The molecular weight excluding hydrogens is 472 g/mol. The molecule has 206 valence electrons. The van der Waals surface area contributed by atoms with Crippen LogP contribution in [0, 0.1) is 13.8 Å². The van der Waals surface area contributed by atoms with E-state index in [0.29, 0.717) is 0 Å². The molecule has 9 nitrogen and oxygen atoms in total. The first kappa shape index (κ1) is 30.1. The largest absolute Gasteiger partial charge is 0.444 e. The van der Waals surface area contributed by atoms with E-state index in [2.05, 4.69) is 10.6 Å². The zero-order chi connectivity index (χ0) is 27.9. The predicted molar refractivity (Wildman–Crippen MR) is 143 cm³/mol. The number of hydrogen-bond donors (Lipinski definition) is 3. The summed E-state index contributed by atoms with van der Waals surface area (Å²) in [6.07, 6.45) is 2.83. The van der Waals surface area contributed by atoms with Crippen LogP contribution in [0.2, 0.25) is 0 Å². The van der Waals surface area contributed by atoms with Crippen molar-refractivity contribution in [3.8, 4) is 0 Å². The smallest absolute Gasteiger partial charge is 0.408 e. The lowest BCUT2D eigenvalue weighted by Crippen LogP contribution is -2.58. The van der Waals surface area contributed by atoms with Crippen LogP contribution in [0.3, 0.4) is 0 Å². The van der Waals surface area contributed by atoms with Gasteiger partial charge in [0.15, 0.2) is 0 Å². The van der Waals surface area contributed by atoms with Crippen molar-refractivity contribution in [1.29, 1.82) is 0 Å². The SMILES string of the molecule is CCCC(C)NC(=O)C(c1cc(C)ccc1C)N(C(=O)C(CC(N)=O)NC(=O)OC(C)(C)C)C1CCC1. The van der Waals surface area contributed by atoms with E-state index in [4.69, 9.17) is 10.5 Å². The average Bonchev–Trinajstić information content (AvgIpc) is 2.71. The molecule has 0 saturated heterocycles. The molecule has 1 aromatic carbocycles. The number of alkyl carbamates (subject to hydrolysis) is 1. The fraction of sp³-hybridized carbons (Fsp3) is 0.643. The maximum Gasteiger partial charge on any atom is 0.408 e. The van der Waals surface area contributed by atoms with Crippen molar-refractivity contribution in [3.63, 3.8) is 0 Å². The van der Waals surface area contributed by atoms with Crippen molar-refractivity contribution in [2.24, 2.45) is 5.73 Å². The number of benzene rings is 1. The van der Waals surface area contributed by atoms with Gasteiger partial charge < -0.3 is 26.0 Å². The van der Waals surface area contributed by atoms with Crippen LogP contribution in [0.25, 0.3) is 0 Å². The van der Waals surface area contributed by atoms with Crippen LogP contribution in [0.15, 0.2) is 18.2 Å². The van der Waals surface area contributed by atoms with Crippen molar-refractivity contribution in [3.05, 3.63) is 34.9 Å². The van der Waals surface area contributed by atoms with Crippen molar-refractivity contribution < 1.29 is 23.9 Å². The molecule has 1 aliphatic rings. The minimum atomic E-state index is -1.26. The Morgan fingerprint density at radius 1 is 1.14 bits per heavy atom. The molecule has 4 N–H and O–H groups in total. The first-order chi connectivity index (χ1) is 17.2. The number of ether oxygens (including phenoxy) is 1. The maximum atomic E-state index is 14.1. The molecular formula is C28H44N4O5. The molecule has 2 rings (SSSR count). The Labute approximate surface area is 220 Å². The van der Waals surface area contributed by atoms with Gasteiger partial charge in [0.2, 0.25) is 17.7 Å². The molecule has 9 heteroatoms. The van der Waals surface area contributed by atoms with E-state index in [1.165, 1.54) is 0 Å². The van der Waals surface area contributed by atoms with Gasteiger partial charge in [-0.1, -0.05) is 37.1 Å². The van der Waals surface area contributed by atoms with E-state index < -0.39 is 42.0 Å². The number of rotatable bonds is 11. The molecule has 0 bridgehead atoms. The molecule has 3 atom stereocenters. The number of hydrogen-bond acceptors (Lipinski definition) is 5. The summed E-state index contributed by atoms with van der Waals surface area (Å²) >= 11 is 0. The Morgan fingerprint density at radius 2 is 1.78 bits per heavy atom. The molecule has 1 fully saturated rings. The third-order valence-electron chi connectivity index (χ3n) is 6.48. The molecule has 0 radical (unpaired) electrons. The molecule has 1 aliphatic carbocycles. The number of amides is 4. The average molecular weight is 517 g/mol. The zero-order valence-corrected chi connectivity index (χ0v) is 23.3. The van der Waals surface area contributed by atoms with E-state index in [9.17, 15) is 19.2 Å². The van der Waals surface area contributed by atoms with Crippen LogP contribution in [0.5, 0.6) is 0 Å². The zero-order valence-electron chi connectivity index (χ0n) is 23.3. The molecule has 0 spiro atoms. The van der Waals surface area contributed by atoms with Crippen molar-refractivity contribution in [2.75, 3.05) is 0 Å². The van der Waals surface area contributed by atoms with E-state index in [0.717, 1.165) is 48.8 Å². The molecule has 1 aromatic rings. The Balaban J connectivity index is 2.55. The number of nitrogens with zero attached hydrogens (tertiary/aromatic N) is 1. The summed E-state index contributed by atoms with van der Waals surface area (Å²) in [5.41, 5.74) is 7.22. The fourth-order valence-electron chi connectivity index (χ4n) is 4.51. The maximum absolute atomic E-state index is 14.1. The number of primary amides is 1. The Kier molecular flexibility index (Phi) is 10.5. The highest BCUT2D eigenvalue weighted by atomic mass is 16.6. The Bertz CT molecular complexity index is 983. The van der Waals surface area contributed by atoms with Gasteiger partial charge in [0.1, 0.15) is 17.7 Å².